The Bertz CT molecular complexity index is 325. The van der Waals surface area contributed by atoms with E-state index in [1.807, 2.05) is 11.8 Å². The minimum absolute atomic E-state index is 0.579. The van der Waals surface area contributed by atoms with E-state index in [0.717, 1.165) is 4.83 Å². The van der Waals surface area contributed by atoms with Crippen molar-refractivity contribution in [3.8, 4) is 0 Å². The van der Waals surface area contributed by atoms with Gasteiger partial charge in [-0.15, -0.1) is 11.8 Å². The summed E-state index contributed by atoms with van der Waals surface area (Å²) in [5.74, 6) is 1.25. The minimum atomic E-state index is 0.579. The monoisotopic (exact) mass is 298 g/mol. The van der Waals surface area contributed by atoms with Crippen LogP contribution in [-0.4, -0.2) is 10.6 Å². The van der Waals surface area contributed by atoms with Gasteiger partial charge in [0.05, 0.1) is 0 Å². The normalized spacial score (nSPS) is 29.5. The first kappa shape index (κ1) is 12.5. The molecule has 2 atom stereocenters. The third-order valence-corrected chi connectivity index (χ3v) is 5.29. The molecular weight excluding hydrogens is 280 g/mol. The Morgan fingerprint density at radius 3 is 2.75 bits per heavy atom. The van der Waals surface area contributed by atoms with Crippen LogP contribution in [0.5, 0.6) is 0 Å². The summed E-state index contributed by atoms with van der Waals surface area (Å²) in [7, 11) is 0. The Morgan fingerprint density at radius 2 is 2.12 bits per heavy atom. The smallest absolute Gasteiger partial charge is 0.0151 e. The van der Waals surface area contributed by atoms with Gasteiger partial charge in [-0.1, -0.05) is 41.1 Å². The van der Waals surface area contributed by atoms with Crippen molar-refractivity contribution in [1.82, 2.24) is 0 Å². The third kappa shape index (κ3) is 3.53. The fraction of sp³-hybridized carbons (Fsp3) is 0.571. The lowest BCUT2D eigenvalue weighted by Crippen LogP contribution is -2.12. The molecule has 1 aliphatic rings. The summed E-state index contributed by atoms with van der Waals surface area (Å²) in [4.78, 5) is 2.17. The van der Waals surface area contributed by atoms with Gasteiger partial charge in [-0.2, -0.15) is 0 Å². The summed E-state index contributed by atoms with van der Waals surface area (Å²) in [6.07, 6.45) is 5.43. The van der Waals surface area contributed by atoms with Crippen LogP contribution in [0, 0.1) is 5.41 Å². The number of alkyl halides is 1. The van der Waals surface area contributed by atoms with Gasteiger partial charge < -0.3 is 0 Å². The van der Waals surface area contributed by atoms with Gasteiger partial charge in [0.25, 0.3) is 0 Å². The molecule has 0 N–H and O–H groups in total. The summed E-state index contributed by atoms with van der Waals surface area (Å²) in [5.41, 5.74) is 0.579. The first-order valence-corrected chi connectivity index (χ1v) is 7.90. The molecule has 1 aromatic rings. The molecule has 1 fully saturated rings. The van der Waals surface area contributed by atoms with Crippen molar-refractivity contribution < 1.29 is 0 Å². The Balaban J connectivity index is 1.76. The first-order valence-electron chi connectivity index (χ1n) is 6.00. The van der Waals surface area contributed by atoms with E-state index in [1.54, 1.807) is 0 Å². The predicted molar refractivity (Wildman–Crippen MR) is 76.5 cm³/mol. The third-order valence-electron chi connectivity index (χ3n) is 3.49. The predicted octanol–water partition coefficient (Wildman–Crippen LogP) is 5.12. The molecule has 0 bridgehead atoms. The molecule has 0 amide bonds. The van der Waals surface area contributed by atoms with Gasteiger partial charge in [0.1, 0.15) is 0 Å². The van der Waals surface area contributed by atoms with Crippen molar-refractivity contribution in [2.24, 2.45) is 5.41 Å². The van der Waals surface area contributed by atoms with E-state index in [-0.39, 0.29) is 0 Å². The lowest BCUT2D eigenvalue weighted by molar-refractivity contribution is 0.328. The molecule has 2 rings (SSSR count). The number of rotatable bonds is 4. The molecule has 16 heavy (non-hydrogen) atoms. The fourth-order valence-electron chi connectivity index (χ4n) is 2.40. The van der Waals surface area contributed by atoms with Crippen molar-refractivity contribution in [2.45, 2.75) is 42.3 Å². The molecule has 0 nitrogen and oxygen atoms in total. The highest BCUT2D eigenvalue weighted by Gasteiger charge is 2.33. The number of thioether (sulfide) groups is 1. The number of hydrogen-bond acceptors (Lipinski definition) is 1. The standard InChI is InChI=1S/C14H19BrS/c1-14(8-7-12(15)11-14)9-10-16-13-5-3-2-4-6-13/h2-6,12H,7-11H2,1H3. The molecule has 2 unspecified atom stereocenters. The summed E-state index contributed by atoms with van der Waals surface area (Å²) in [5, 5.41) is 0. The maximum absolute atomic E-state index is 3.74. The summed E-state index contributed by atoms with van der Waals surface area (Å²) >= 11 is 5.74. The molecule has 88 valence electrons. The van der Waals surface area contributed by atoms with E-state index in [9.17, 15) is 0 Å². The largest absolute Gasteiger partial charge is 0.126 e. The molecule has 1 saturated carbocycles. The number of halogens is 1. The molecule has 0 spiro atoms. The van der Waals surface area contributed by atoms with Crippen molar-refractivity contribution in [3.05, 3.63) is 30.3 Å². The van der Waals surface area contributed by atoms with Crippen LogP contribution in [0.4, 0.5) is 0 Å². The Hall–Kier alpha value is 0.0500. The van der Waals surface area contributed by atoms with Gasteiger partial charge in [-0.05, 0) is 49.0 Å². The second-order valence-electron chi connectivity index (χ2n) is 5.06. The van der Waals surface area contributed by atoms with E-state index in [1.165, 1.54) is 36.3 Å². The minimum Gasteiger partial charge on any atom is -0.126 e. The average molecular weight is 299 g/mol. The average Bonchev–Trinajstić information content (AvgIpc) is 2.60. The van der Waals surface area contributed by atoms with Crippen LogP contribution < -0.4 is 0 Å². The molecule has 0 radical (unpaired) electrons. The van der Waals surface area contributed by atoms with Gasteiger partial charge in [-0.25, -0.2) is 0 Å². The second-order valence-corrected chi connectivity index (χ2v) is 7.53. The Kier molecular flexibility index (Phi) is 4.37. The number of hydrogen-bond donors (Lipinski definition) is 0. The van der Waals surface area contributed by atoms with Crippen molar-refractivity contribution in [3.63, 3.8) is 0 Å². The summed E-state index contributed by atoms with van der Waals surface area (Å²) in [6, 6.07) is 10.7. The molecule has 0 saturated heterocycles. The lowest BCUT2D eigenvalue weighted by Gasteiger charge is -2.23. The van der Waals surface area contributed by atoms with E-state index in [2.05, 4.69) is 53.2 Å². The first-order chi connectivity index (χ1) is 7.68. The van der Waals surface area contributed by atoms with Crippen LogP contribution in [0.25, 0.3) is 0 Å². The highest BCUT2D eigenvalue weighted by molar-refractivity contribution is 9.09. The lowest BCUT2D eigenvalue weighted by atomic mass is 9.86. The zero-order chi connectivity index (χ0) is 11.4. The molecule has 2 heteroatoms. The second kappa shape index (κ2) is 5.59. The Labute approximate surface area is 111 Å². The quantitative estimate of drug-likeness (QED) is 0.549. The van der Waals surface area contributed by atoms with Crippen molar-refractivity contribution in [2.75, 3.05) is 5.75 Å². The SMILES string of the molecule is CC1(CCSc2ccccc2)CCC(Br)C1. The molecule has 1 aromatic carbocycles. The maximum Gasteiger partial charge on any atom is 0.0151 e. The van der Waals surface area contributed by atoms with E-state index < -0.39 is 0 Å². The fourth-order valence-corrected chi connectivity index (χ4v) is 4.59. The van der Waals surface area contributed by atoms with Gasteiger partial charge >= 0.3 is 0 Å². The van der Waals surface area contributed by atoms with Gasteiger partial charge in [0.15, 0.2) is 0 Å². The zero-order valence-corrected chi connectivity index (χ0v) is 12.2. The van der Waals surface area contributed by atoms with Crippen LogP contribution in [0.15, 0.2) is 35.2 Å². The maximum atomic E-state index is 3.74. The van der Waals surface area contributed by atoms with Gasteiger partial charge in [-0.3, -0.25) is 0 Å². The van der Waals surface area contributed by atoms with E-state index in [4.69, 9.17) is 0 Å². The van der Waals surface area contributed by atoms with Crippen LogP contribution in [-0.2, 0) is 0 Å². The van der Waals surface area contributed by atoms with E-state index in [0.29, 0.717) is 5.41 Å². The Morgan fingerprint density at radius 1 is 1.38 bits per heavy atom. The van der Waals surface area contributed by atoms with Crippen LogP contribution in [0.3, 0.4) is 0 Å². The van der Waals surface area contributed by atoms with Crippen LogP contribution in [0.2, 0.25) is 0 Å². The summed E-state index contributed by atoms with van der Waals surface area (Å²) < 4.78 is 0. The zero-order valence-electron chi connectivity index (χ0n) is 9.79. The number of benzene rings is 1. The van der Waals surface area contributed by atoms with Crippen LogP contribution >= 0.6 is 27.7 Å². The van der Waals surface area contributed by atoms with Crippen molar-refractivity contribution >= 4 is 27.7 Å². The molecule has 1 aliphatic carbocycles. The van der Waals surface area contributed by atoms with Gasteiger partial charge in [0, 0.05) is 9.72 Å². The summed E-state index contributed by atoms with van der Waals surface area (Å²) in [6.45, 7) is 2.44. The highest BCUT2D eigenvalue weighted by atomic mass is 79.9. The van der Waals surface area contributed by atoms with Crippen LogP contribution in [0.1, 0.15) is 32.6 Å². The molecule has 0 aliphatic heterocycles. The molecular formula is C14H19BrS. The molecule has 0 aromatic heterocycles. The topological polar surface area (TPSA) is 0 Å². The van der Waals surface area contributed by atoms with E-state index >= 15 is 0 Å². The molecule has 0 heterocycles. The van der Waals surface area contributed by atoms with Gasteiger partial charge in [0.2, 0.25) is 0 Å². The van der Waals surface area contributed by atoms with Crippen molar-refractivity contribution in [1.29, 1.82) is 0 Å². The highest BCUT2D eigenvalue weighted by Crippen LogP contribution is 2.44.